The zero-order valence-electron chi connectivity index (χ0n) is 6.55. The van der Waals surface area contributed by atoms with Crippen molar-refractivity contribution >= 4 is 5.69 Å². The molecule has 0 bridgehead atoms. The van der Waals surface area contributed by atoms with Gasteiger partial charge in [0.1, 0.15) is 6.07 Å². The summed E-state index contributed by atoms with van der Waals surface area (Å²) in [6, 6.07) is 3.70. The van der Waals surface area contributed by atoms with Crippen LogP contribution < -0.4 is 5.73 Å². The van der Waals surface area contributed by atoms with E-state index < -0.39 is 0 Å². The number of pyridine rings is 1. The maximum Gasteiger partial charge on any atom is 0.103 e. The van der Waals surface area contributed by atoms with Crippen LogP contribution in [0.3, 0.4) is 0 Å². The first kappa shape index (κ1) is 7.55. The molecule has 0 saturated heterocycles. The molecule has 0 amide bonds. The van der Waals surface area contributed by atoms with Gasteiger partial charge in [0.05, 0.1) is 16.9 Å². The van der Waals surface area contributed by atoms with E-state index in [0.29, 0.717) is 16.9 Å². The Balaban J connectivity index is 3.40. The summed E-state index contributed by atoms with van der Waals surface area (Å²) in [5.41, 5.74) is 8.11. The molecular formula is C8H9N3. The number of hydrogen-bond donors (Lipinski definition) is 1. The van der Waals surface area contributed by atoms with E-state index in [1.54, 1.807) is 13.0 Å². The summed E-state index contributed by atoms with van der Waals surface area (Å²) in [6.45, 7) is 3.63. The van der Waals surface area contributed by atoms with Crippen molar-refractivity contribution in [2.45, 2.75) is 13.8 Å². The first-order chi connectivity index (χ1) is 5.15. The highest BCUT2D eigenvalue weighted by atomic mass is 14.7. The Hall–Kier alpha value is -1.56. The molecule has 56 valence electrons. The van der Waals surface area contributed by atoms with Crippen LogP contribution in [0.25, 0.3) is 0 Å². The molecule has 0 aliphatic heterocycles. The lowest BCUT2D eigenvalue weighted by atomic mass is 10.1. The van der Waals surface area contributed by atoms with Gasteiger partial charge < -0.3 is 5.73 Å². The molecule has 0 fully saturated rings. The molecule has 0 aromatic carbocycles. The Bertz CT molecular complexity index is 300. The summed E-state index contributed by atoms with van der Waals surface area (Å²) in [7, 11) is 0. The summed E-state index contributed by atoms with van der Waals surface area (Å²) in [4.78, 5) is 4.10. The Morgan fingerprint density at radius 1 is 1.55 bits per heavy atom. The Morgan fingerprint density at radius 2 is 2.18 bits per heavy atom. The second-order valence-corrected chi connectivity index (χ2v) is 2.43. The van der Waals surface area contributed by atoms with Crippen molar-refractivity contribution in [2.75, 3.05) is 5.73 Å². The van der Waals surface area contributed by atoms with Gasteiger partial charge in [0, 0.05) is 5.69 Å². The summed E-state index contributed by atoms with van der Waals surface area (Å²) >= 11 is 0. The van der Waals surface area contributed by atoms with Gasteiger partial charge in [-0.1, -0.05) is 0 Å². The monoisotopic (exact) mass is 147 g/mol. The van der Waals surface area contributed by atoms with Gasteiger partial charge >= 0.3 is 0 Å². The topological polar surface area (TPSA) is 62.7 Å². The molecule has 11 heavy (non-hydrogen) atoms. The molecule has 1 heterocycles. The summed E-state index contributed by atoms with van der Waals surface area (Å²) in [5, 5.41) is 8.62. The standard InChI is InChI=1S/C8H9N3/c1-5-3-8(10)7(4-9)6(2)11-5/h3H,1-2H3,(H2,10,11). The quantitative estimate of drug-likeness (QED) is 0.598. The first-order valence-corrected chi connectivity index (χ1v) is 3.29. The zero-order chi connectivity index (χ0) is 8.43. The minimum atomic E-state index is 0.482. The third-order valence-electron chi connectivity index (χ3n) is 1.47. The van der Waals surface area contributed by atoms with Gasteiger partial charge in [0.2, 0.25) is 0 Å². The lowest BCUT2D eigenvalue weighted by Crippen LogP contribution is -1.97. The smallest absolute Gasteiger partial charge is 0.103 e. The van der Waals surface area contributed by atoms with Crippen LogP contribution in [0.4, 0.5) is 5.69 Å². The fourth-order valence-corrected chi connectivity index (χ4v) is 1.00. The largest absolute Gasteiger partial charge is 0.398 e. The number of anilines is 1. The van der Waals surface area contributed by atoms with Gasteiger partial charge in [0.15, 0.2) is 0 Å². The number of nitrogens with zero attached hydrogens (tertiary/aromatic N) is 2. The van der Waals surface area contributed by atoms with Crippen molar-refractivity contribution in [3.63, 3.8) is 0 Å². The van der Waals surface area contributed by atoms with E-state index in [1.807, 2.05) is 13.0 Å². The molecule has 1 rings (SSSR count). The van der Waals surface area contributed by atoms with Crippen molar-refractivity contribution in [1.29, 1.82) is 5.26 Å². The molecule has 0 saturated carbocycles. The molecule has 0 spiro atoms. The maximum atomic E-state index is 8.62. The van der Waals surface area contributed by atoms with Gasteiger partial charge in [-0.15, -0.1) is 0 Å². The fourth-order valence-electron chi connectivity index (χ4n) is 1.00. The lowest BCUT2D eigenvalue weighted by Gasteiger charge is -2.01. The van der Waals surface area contributed by atoms with Crippen molar-refractivity contribution < 1.29 is 0 Å². The molecular weight excluding hydrogens is 138 g/mol. The van der Waals surface area contributed by atoms with Gasteiger partial charge in [-0.2, -0.15) is 5.26 Å². The SMILES string of the molecule is Cc1cc(N)c(C#N)c(C)n1. The van der Waals surface area contributed by atoms with Gasteiger partial charge in [-0.25, -0.2) is 0 Å². The number of nitrogen functional groups attached to an aromatic ring is 1. The van der Waals surface area contributed by atoms with Crippen LogP contribution in [0.15, 0.2) is 6.07 Å². The minimum Gasteiger partial charge on any atom is -0.398 e. The van der Waals surface area contributed by atoms with Gasteiger partial charge in [-0.05, 0) is 19.9 Å². The highest BCUT2D eigenvalue weighted by molar-refractivity contribution is 5.56. The van der Waals surface area contributed by atoms with E-state index in [9.17, 15) is 0 Å². The number of hydrogen-bond acceptors (Lipinski definition) is 3. The van der Waals surface area contributed by atoms with Crippen molar-refractivity contribution in [1.82, 2.24) is 4.98 Å². The van der Waals surface area contributed by atoms with E-state index >= 15 is 0 Å². The Morgan fingerprint density at radius 3 is 2.64 bits per heavy atom. The molecule has 0 aliphatic rings. The van der Waals surface area contributed by atoms with Crippen LogP contribution in [0.1, 0.15) is 17.0 Å². The molecule has 1 aromatic rings. The summed E-state index contributed by atoms with van der Waals surface area (Å²) in [6.07, 6.45) is 0. The van der Waals surface area contributed by atoms with Crippen LogP contribution >= 0.6 is 0 Å². The second kappa shape index (κ2) is 2.59. The van der Waals surface area contributed by atoms with Crippen molar-refractivity contribution in [3.05, 3.63) is 23.0 Å². The highest BCUT2D eigenvalue weighted by Gasteiger charge is 2.03. The van der Waals surface area contributed by atoms with Crippen LogP contribution in [0, 0.1) is 25.2 Å². The maximum absolute atomic E-state index is 8.62. The van der Waals surface area contributed by atoms with E-state index in [0.717, 1.165) is 5.69 Å². The number of rotatable bonds is 0. The molecule has 0 radical (unpaired) electrons. The number of aryl methyl sites for hydroxylation is 2. The lowest BCUT2D eigenvalue weighted by molar-refractivity contribution is 1.11. The van der Waals surface area contributed by atoms with E-state index in [-0.39, 0.29) is 0 Å². The molecule has 3 heteroatoms. The number of nitriles is 1. The van der Waals surface area contributed by atoms with Crippen LogP contribution in [-0.2, 0) is 0 Å². The zero-order valence-corrected chi connectivity index (χ0v) is 6.55. The highest BCUT2D eigenvalue weighted by Crippen LogP contribution is 2.13. The van der Waals surface area contributed by atoms with Gasteiger partial charge in [-0.3, -0.25) is 4.98 Å². The van der Waals surface area contributed by atoms with Crippen LogP contribution in [0.5, 0.6) is 0 Å². The Labute approximate surface area is 65.5 Å². The van der Waals surface area contributed by atoms with E-state index in [4.69, 9.17) is 11.0 Å². The minimum absolute atomic E-state index is 0.482. The average Bonchev–Trinajstić information content (AvgIpc) is 1.85. The second-order valence-electron chi connectivity index (χ2n) is 2.43. The van der Waals surface area contributed by atoms with E-state index in [2.05, 4.69) is 4.98 Å². The molecule has 0 unspecified atom stereocenters. The van der Waals surface area contributed by atoms with Crippen LogP contribution in [-0.4, -0.2) is 4.98 Å². The predicted molar refractivity (Wildman–Crippen MR) is 42.8 cm³/mol. The molecule has 0 aliphatic carbocycles. The molecule has 0 atom stereocenters. The number of nitrogens with two attached hydrogens (primary N) is 1. The predicted octanol–water partition coefficient (Wildman–Crippen LogP) is 1.15. The van der Waals surface area contributed by atoms with Crippen molar-refractivity contribution in [2.24, 2.45) is 0 Å². The first-order valence-electron chi connectivity index (χ1n) is 3.29. The molecule has 1 aromatic heterocycles. The summed E-state index contributed by atoms with van der Waals surface area (Å²) in [5.74, 6) is 0. The molecule has 3 nitrogen and oxygen atoms in total. The number of aromatic nitrogens is 1. The Kier molecular flexibility index (Phi) is 1.77. The fraction of sp³-hybridized carbons (Fsp3) is 0.250. The normalized spacial score (nSPS) is 9.18. The van der Waals surface area contributed by atoms with E-state index in [1.165, 1.54) is 0 Å². The van der Waals surface area contributed by atoms with Crippen molar-refractivity contribution in [3.8, 4) is 6.07 Å². The third kappa shape index (κ3) is 1.30. The molecule has 2 N–H and O–H groups in total. The van der Waals surface area contributed by atoms with Crippen LogP contribution in [0.2, 0.25) is 0 Å². The van der Waals surface area contributed by atoms with Gasteiger partial charge in [0.25, 0.3) is 0 Å². The third-order valence-corrected chi connectivity index (χ3v) is 1.47. The summed E-state index contributed by atoms with van der Waals surface area (Å²) < 4.78 is 0. The average molecular weight is 147 g/mol.